The average Bonchev–Trinajstić information content (AvgIpc) is 3.71. The van der Waals surface area contributed by atoms with Gasteiger partial charge in [-0.1, -0.05) is 34.1 Å². The minimum absolute atomic E-state index is 0.00125. The zero-order valence-electron chi connectivity index (χ0n) is 36.0. The summed E-state index contributed by atoms with van der Waals surface area (Å²) in [4.78, 5) is 153. The Bertz CT molecular complexity index is 1740. The van der Waals surface area contributed by atoms with Crippen LogP contribution in [0.4, 0.5) is 0 Å². The first kappa shape index (κ1) is 55.6. The molecular formula is C38H61N9O17. The van der Waals surface area contributed by atoms with E-state index in [1.54, 1.807) is 13.8 Å². The molecular weight excluding hydrogens is 854 g/mol. The van der Waals surface area contributed by atoms with E-state index in [-0.39, 0.29) is 32.2 Å². The number of nitrogens with one attached hydrogen (secondary N) is 6. The molecule has 26 heteroatoms. The molecule has 1 aliphatic rings. The van der Waals surface area contributed by atoms with Crippen molar-refractivity contribution < 1.29 is 83.1 Å². The summed E-state index contributed by atoms with van der Waals surface area (Å²) in [6.07, 6.45) is -3.78. The number of aliphatic hydroxyl groups excluding tert-OH is 1. The Labute approximate surface area is 367 Å². The van der Waals surface area contributed by atoms with E-state index in [0.717, 1.165) is 4.90 Å². The highest BCUT2D eigenvalue weighted by Crippen LogP contribution is 2.22. The van der Waals surface area contributed by atoms with Gasteiger partial charge >= 0.3 is 23.9 Å². The number of hydrogen-bond donors (Lipinski definition) is 13. The van der Waals surface area contributed by atoms with Gasteiger partial charge in [0.15, 0.2) is 0 Å². The van der Waals surface area contributed by atoms with Crippen molar-refractivity contribution in [2.24, 2.45) is 23.3 Å². The first-order chi connectivity index (χ1) is 29.8. The summed E-state index contributed by atoms with van der Waals surface area (Å²) in [5.74, 6) is -15.1. The van der Waals surface area contributed by atoms with E-state index < -0.39 is 176 Å². The molecule has 0 aromatic heterocycles. The normalized spacial score (nSPS) is 17.2. The second kappa shape index (κ2) is 26.9. The molecule has 1 saturated heterocycles. The fraction of sp³-hybridized carbons (Fsp3) is 0.684. The number of aliphatic carboxylic acids is 4. The van der Waals surface area contributed by atoms with Crippen molar-refractivity contribution in [1.29, 1.82) is 0 Å². The van der Waals surface area contributed by atoms with Gasteiger partial charge in [0.1, 0.15) is 42.3 Å². The third-order valence-corrected chi connectivity index (χ3v) is 10.3. The number of nitrogens with zero attached hydrogens (tertiary/aromatic N) is 1. The highest BCUT2D eigenvalue weighted by atomic mass is 16.4. The minimum atomic E-state index is -1.86. The molecule has 0 aromatic rings. The van der Waals surface area contributed by atoms with Gasteiger partial charge in [0.05, 0.1) is 19.1 Å². The van der Waals surface area contributed by atoms with E-state index in [9.17, 15) is 78.0 Å². The van der Waals surface area contributed by atoms with E-state index in [1.807, 2.05) is 0 Å². The van der Waals surface area contributed by atoms with Crippen molar-refractivity contribution in [3.8, 4) is 0 Å². The number of primary amides is 1. The fourth-order valence-corrected chi connectivity index (χ4v) is 6.37. The van der Waals surface area contributed by atoms with Gasteiger partial charge in [0, 0.05) is 25.8 Å². The van der Waals surface area contributed by atoms with Crippen LogP contribution >= 0.6 is 0 Å². The molecule has 15 N–H and O–H groups in total. The zero-order chi connectivity index (χ0) is 49.0. The van der Waals surface area contributed by atoms with Crippen LogP contribution in [0.25, 0.3) is 0 Å². The maximum absolute atomic E-state index is 14.1. The van der Waals surface area contributed by atoms with E-state index >= 15 is 0 Å². The number of nitrogens with two attached hydrogens (primary N) is 2. The standard InChI is InChI=1S/C38H61N9O17/c1-5-18(4)30(37(62)47-14-6-7-24(47)36(61)44-23(16-48)35(60)45-29(17(2)3)38(63)64)46-34(59)22(15-25(40)49)43-33(58)21(10-13-28(54)55)42-32(57)20(9-12-27(52)53)41-31(56)19(39)8-11-26(50)51/h17-24,29-30,48H,5-16,39H2,1-4H3,(H2,40,49)(H,41,56)(H,42,57)(H,43,58)(H,44,61)(H,45,60)(H,46,59)(H,50,51)(H,52,53)(H,54,55)(H,63,64)/t18-,19-,20-,21-,22-,23-,24-,29-,30-/m0/s1. The van der Waals surface area contributed by atoms with Gasteiger partial charge < -0.3 is 73.8 Å². The Morgan fingerprint density at radius 2 is 1.08 bits per heavy atom. The van der Waals surface area contributed by atoms with Gasteiger partial charge in [-0.05, 0) is 43.9 Å². The molecule has 0 bridgehead atoms. The SMILES string of the molecule is CC[C@H](C)[C@H](NC(=O)[C@H](CC(N)=O)NC(=O)[C@H](CCC(=O)O)NC(=O)[C@H](CCC(=O)O)NC(=O)[C@@H](N)CCC(=O)O)C(=O)N1CCC[C@H]1C(=O)N[C@@H](CO)C(=O)N[C@H](C(=O)O)C(C)C. The van der Waals surface area contributed by atoms with E-state index in [0.29, 0.717) is 0 Å². The van der Waals surface area contributed by atoms with Crippen molar-refractivity contribution in [3.63, 3.8) is 0 Å². The summed E-state index contributed by atoms with van der Waals surface area (Å²) in [5, 5.41) is 60.4. The van der Waals surface area contributed by atoms with Gasteiger partial charge in [-0.25, -0.2) is 4.79 Å². The Morgan fingerprint density at radius 3 is 1.53 bits per heavy atom. The third-order valence-electron chi connectivity index (χ3n) is 10.3. The van der Waals surface area contributed by atoms with Crippen LogP contribution < -0.4 is 43.4 Å². The average molecular weight is 916 g/mol. The lowest BCUT2D eigenvalue weighted by Crippen LogP contribution is -2.61. The fourth-order valence-electron chi connectivity index (χ4n) is 6.37. The molecule has 0 spiro atoms. The maximum atomic E-state index is 14.1. The van der Waals surface area contributed by atoms with Gasteiger partial charge in [-0.2, -0.15) is 0 Å². The third kappa shape index (κ3) is 18.5. The molecule has 0 aromatic carbocycles. The smallest absolute Gasteiger partial charge is 0.326 e. The van der Waals surface area contributed by atoms with Crippen LogP contribution in [0.3, 0.4) is 0 Å². The first-order valence-electron chi connectivity index (χ1n) is 20.5. The number of amides is 8. The van der Waals surface area contributed by atoms with Gasteiger partial charge in [0.25, 0.3) is 0 Å². The summed E-state index contributed by atoms with van der Waals surface area (Å²) < 4.78 is 0. The number of carboxylic acid groups (broad SMARTS) is 4. The van der Waals surface area contributed by atoms with Crippen LogP contribution in [-0.4, -0.2) is 163 Å². The summed E-state index contributed by atoms with van der Waals surface area (Å²) in [7, 11) is 0. The van der Waals surface area contributed by atoms with Crippen LogP contribution in [-0.2, 0) is 57.5 Å². The lowest BCUT2D eigenvalue weighted by Gasteiger charge is -2.33. The Hall–Kier alpha value is -6.44. The summed E-state index contributed by atoms with van der Waals surface area (Å²) >= 11 is 0. The number of likely N-dealkylation sites (tertiary alicyclic amines) is 1. The van der Waals surface area contributed by atoms with Crippen molar-refractivity contribution in [1.82, 2.24) is 36.8 Å². The lowest BCUT2D eigenvalue weighted by atomic mass is 9.96. The molecule has 9 atom stereocenters. The molecule has 0 unspecified atom stereocenters. The van der Waals surface area contributed by atoms with Crippen LogP contribution in [0.5, 0.6) is 0 Å². The molecule has 0 saturated carbocycles. The molecule has 0 radical (unpaired) electrons. The number of aliphatic hydroxyl groups is 1. The monoisotopic (exact) mass is 915 g/mol. The predicted molar refractivity (Wildman–Crippen MR) is 218 cm³/mol. The second-order valence-electron chi connectivity index (χ2n) is 15.6. The topological polar surface area (TPSA) is 433 Å². The molecule has 8 amide bonds. The number of carboxylic acids is 4. The van der Waals surface area contributed by atoms with Gasteiger partial charge in [0.2, 0.25) is 47.3 Å². The highest BCUT2D eigenvalue weighted by molar-refractivity contribution is 5.99. The van der Waals surface area contributed by atoms with Crippen LogP contribution in [0.2, 0.25) is 0 Å². The molecule has 1 rings (SSSR count). The van der Waals surface area contributed by atoms with Crippen LogP contribution in [0.15, 0.2) is 0 Å². The molecule has 64 heavy (non-hydrogen) atoms. The molecule has 26 nitrogen and oxygen atoms in total. The summed E-state index contributed by atoms with van der Waals surface area (Å²) in [6.45, 7) is 5.39. The summed E-state index contributed by atoms with van der Waals surface area (Å²) in [5.41, 5.74) is 11.1. The Balaban J connectivity index is 3.37. The van der Waals surface area contributed by atoms with E-state index in [1.165, 1.54) is 13.8 Å². The maximum Gasteiger partial charge on any atom is 0.326 e. The molecule has 360 valence electrons. The number of hydrogen-bond acceptors (Lipinski definition) is 14. The second-order valence-corrected chi connectivity index (χ2v) is 15.6. The summed E-state index contributed by atoms with van der Waals surface area (Å²) in [6, 6.07) is -12.4. The molecule has 1 heterocycles. The lowest BCUT2D eigenvalue weighted by molar-refractivity contribution is -0.145. The highest BCUT2D eigenvalue weighted by Gasteiger charge is 2.41. The molecule has 1 fully saturated rings. The van der Waals surface area contributed by atoms with Crippen LogP contribution in [0, 0.1) is 11.8 Å². The number of carbonyl (C=O) groups is 12. The van der Waals surface area contributed by atoms with E-state index in [4.69, 9.17) is 16.6 Å². The Kier molecular flexibility index (Phi) is 23.4. The first-order valence-corrected chi connectivity index (χ1v) is 20.5. The largest absolute Gasteiger partial charge is 0.481 e. The quantitative estimate of drug-likeness (QED) is 0.0336. The van der Waals surface area contributed by atoms with Crippen molar-refractivity contribution in [2.45, 2.75) is 140 Å². The van der Waals surface area contributed by atoms with Crippen LogP contribution in [0.1, 0.15) is 91.9 Å². The van der Waals surface area contributed by atoms with Gasteiger partial charge in [-0.15, -0.1) is 0 Å². The van der Waals surface area contributed by atoms with Crippen molar-refractivity contribution in [3.05, 3.63) is 0 Å². The van der Waals surface area contributed by atoms with Crippen molar-refractivity contribution in [2.75, 3.05) is 13.2 Å². The Morgan fingerprint density at radius 1 is 0.625 bits per heavy atom. The van der Waals surface area contributed by atoms with E-state index in [2.05, 4.69) is 31.9 Å². The molecule has 0 aliphatic carbocycles. The van der Waals surface area contributed by atoms with Gasteiger partial charge in [-0.3, -0.25) is 52.7 Å². The minimum Gasteiger partial charge on any atom is -0.481 e. The number of carbonyl (C=O) groups excluding carboxylic acids is 8. The molecule has 1 aliphatic heterocycles. The predicted octanol–water partition coefficient (Wildman–Crippen LogP) is -4.54. The zero-order valence-corrected chi connectivity index (χ0v) is 36.0. The number of rotatable bonds is 29. The van der Waals surface area contributed by atoms with Crippen molar-refractivity contribution >= 4 is 71.1 Å².